The minimum absolute atomic E-state index is 0.0499. The van der Waals surface area contributed by atoms with E-state index in [1.54, 1.807) is 19.1 Å². The van der Waals surface area contributed by atoms with Crippen LogP contribution in [0.5, 0.6) is 0 Å². The molecule has 0 saturated carbocycles. The number of aryl methyl sites for hydroxylation is 1. The molecule has 2 heterocycles. The fourth-order valence-corrected chi connectivity index (χ4v) is 3.57. The molecule has 0 unspecified atom stereocenters. The quantitative estimate of drug-likeness (QED) is 0.794. The fraction of sp³-hybridized carbons (Fsp3) is 0.588. The maximum absolute atomic E-state index is 13.3. The molecule has 2 aliphatic heterocycles. The Bertz CT molecular complexity index is 550. The van der Waals surface area contributed by atoms with Crippen molar-refractivity contribution >= 4 is 5.91 Å². The summed E-state index contributed by atoms with van der Waals surface area (Å²) in [5, 5.41) is 0. The molecule has 0 radical (unpaired) electrons. The molecule has 3 nitrogen and oxygen atoms in total. The lowest BCUT2D eigenvalue weighted by atomic mass is 9.78. The normalized spacial score (nSPS) is 22.0. The predicted molar refractivity (Wildman–Crippen MR) is 80.8 cm³/mol. The van der Waals surface area contributed by atoms with Gasteiger partial charge in [0.25, 0.3) is 5.91 Å². The highest BCUT2D eigenvalue weighted by Crippen LogP contribution is 2.40. The van der Waals surface area contributed by atoms with Gasteiger partial charge >= 0.3 is 0 Å². The van der Waals surface area contributed by atoms with E-state index in [1.165, 1.54) is 18.9 Å². The standard InChI is InChI=1S/C17H23FN2O/c1-13-11-14(3-4-15(13)18)16(21)20-10-7-17(12-20)5-8-19(2)9-6-17/h3-4,11H,5-10,12H2,1-2H3. The number of likely N-dealkylation sites (tertiary alicyclic amines) is 2. The molecule has 0 atom stereocenters. The largest absolute Gasteiger partial charge is 0.338 e. The third-order valence-corrected chi connectivity index (χ3v) is 5.18. The van der Waals surface area contributed by atoms with Crippen molar-refractivity contribution < 1.29 is 9.18 Å². The molecular formula is C17H23FN2O. The van der Waals surface area contributed by atoms with Crippen LogP contribution in [0.2, 0.25) is 0 Å². The van der Waals surface area contributed by atoms with Crippen LogP contribution >= 0.6 is 0 Å². The number of benzene rings is 1. The summed E-state index contributed by atoms with van der Waals surface area (Å²) in [5.74, 6) is -0.200. The summed E-state index contributed by atoms with van der Waals surface area (Å²) in [4.78, 5) is 16.9. The summed E-state index contributed by atoms with van der Waals surface area (Å²) < 4.78 is 13.3. The van der Waals surface area contributed by atoms with Crippen molar-refractivity contribution in [2.75, 3.05) is 33.2 Å². The van der Waals surface area contributed by atoms with Crippen LogP contribution in [0.1, 0.15) is 35.2 Å². The van der Waals surface area contributed by atoms with E-state index in [0.29, 0.717) is 16.5 Å². The molecule has 1 amide bonds. The molecule has 0 N–H and O–H groups in total. The molecule has 2 saturated heterocycles. The number of hydrogen-bond acceptors (Lipinski definition) is 2. The van der Waals surface area contributed by atoms with Crippen LogP contribution in [-0.4, -0.2) is 48.9 Å². The second-order valence-corrected chi connectivity index (χ2v) is 6.74. The number of halogens is 1. The first kappa shape index (κ1) is 14.5. The highest BCUT2D eigenvalue weighted by atomic mass is 19.1. The van der Waals surface area contributed by atoms with E-state index in [4.69, 9.17) is 0 Å². The summed E-state index contributed by atoms with van der Waals surface area (Å²) in [6.45, 7) is 5.64. The topological polar surface area (TPSA) is 23.6 Å². The van der Waals surface area contributed by atoms with Crippen LogP contribution in [-0.2, 0) is 0 Å². The van der Waals surface area contributed by atoms with Gasteiger partial charge in [-0.3, -0.25) is 4.79 Å². The Morgan fingerprint density at radius 3 is 2.52 bits per heavy atom. The zero-order chi connectivity index (χ0) is 15.0. The third-order valence-electron chi connectivity index (χ3n) is 5.18. The van der Waals surface area contributed by atoms with Gasteiger partial charge in [0.05, 0.1) is 0 Å². The molecule has 2 aliphatic rings. The van der Waals surface area contributed by atoms with Crippen LogP contribution in [0, 0.1) is 18.2 Å². The number of hydrogen-bond donors (Lipinski definition) is 0. The van der Waals surface area contributed by atoms with Gasteiger partial charge in [-0.1, -0.05) is 0 Å². The first-order chi connectivity index (χ1) is 9.99. The molecular weight excluding hydrogens is 267 g/mol. The van der Waals surface area contributed by atoms with Crippen molar-refractivity contribution in [3.05, 3.63) is 35.1 Å². The molecule has 1 aromatic carbocycles. The molecule has 0 bridgehead atoms. The van der Waals surface area contributed by atoms with Gasteiger partial charge in [0, 0.05) is 18.7 Å². The Morgan fingerprint density at radius 2 is 1.86 bits per heavy atom. The maximum atomic E-state index is 13.3. The van der Waals surface area contributed by atoms with Gasteiger partial charge in [0.2, 0.25) is 0 Å². The Balaban J connectivity index is 1.71. The highest BCUT2D eigenvalue weighted by Gasteiger charge is 2.41. The van der Waals surface area contributed by atoms with Crippen LogP contribution in [0.4, 0.5) is 4.39 Å². The SMILES string of the molecule is Cc1cc(C(=O)N2CCC3(CCN(C)CC3)C2)ccc1F. The number of amides is 1. The van der Waals surface area contributed by atoms with Crippen molar-refractivity contribution in [2.45, 2.75) is 26.2 Å². The summed E-state index contributed by atoms with van der Waals surface area (Å²) in [6.07, 6.45) is 3.46. The lowest BCUT2D eigenvalue weighted by Crippen LogP contribution is -2.40. The van der Waals surface area contributed by atoms with Crippen LogP contribution < -0.4 is 0 Å². The summed E-state index contributed by atoms with van der Waals surface area (Å²) in [6, 6.07) is 4.66. The van der Waals surface area contributed by atoms with E-state index in [9.17, 15) is 9.18 Å². The Morgan fingerprint density at radius 1 is 1.19 bits per heavy atom. The van der Waals surface area contributed by atoms with Gasteiger partial charge in [0.1, 0.15) is 5.82 Å². The van der Waals surface area contributed by atoms with Crippen molar-refractivity contribution in [3.8, 4) is 0 Å². The lowest BCUT2D eigenvalue weighted by Gasteiger charge is -2.37. The van der Waals surface area contributed by atoms with Crippen molar-refractivity contribution in [2.24, 2.45) is 5.41 Å². The Labute approximate surface area is 125 Å². The van der Waals surface area contributed by atoms with E-state index < -0.39 is 0 Å². The van der Waals surface area contributed by atoms with Gasteiger partial charge in [-0.15, -0.1) is 0 Å². The van der Waals surface area contributed by atoms with E-state index in [1.807, 2.05) is 4.90 Å². The van der Waals surface area contributed by atoms with E-state index in [0.717, 1.165) is 32.6 Å². The molecule has 3 rings (SSSR count). The minimum Gasteiger partial charge on any atom is -0.338 e. The third kappa shape index (κ3) is 2.82. The minimum atomic E-state index is -0.250. The number of carbonyl (C=O) groups is 1. The molecule has 1 aromatic rings. The van der Waals surface area contributed by atoms with Crippen LogP contribution in [0.15, 0.2) is 18.2 Å². The van der Waals surface area contributed by atoms with E-state index in [-0.39, 0.29) is 11.7 Å². The van der Waals surface area contributed by atoms with Crippen molar-refractivity contribution in [1.29, 1.82) is 0 Å². The lowest BCUT2D eigenvalue weighted by molar-refractivity contribution is 0.0736. The average Bonchev–Trinajstić information content (AvgIpc) is 2.89. The molecule has 21 heavy (non-hydrogen) atoms. The molecule has 2 fully saturated rings. The first-order valence-electron chi connectivity index (χ1n) is 7.73. The zero-order valence-electron chi connectivity index (χ0n) is 12.9. The second-order valence-electron chi connectivity index (χ2n) is 6.74. The van der Waals surface area contributed by atoms with Gasteiger partial charge in [-0.05, 0) is 75.5 Å². The highest BCUT2D eigenvalue weighted by molar-refractivity contribution is 5.94. The predicted octanol–water partition coefficient (Wildman–Crippen LogP) is 2.69. The van der Waals surface area contributed by atoms with Crippen LogP contribution in [0.3, 0.4) is 0 Å². The molecule has 114 valence electrons. The fourth-order valence-electron chi connectivity index (χ4n) is 3.57. The van der Waals surface area contributed by atoms with Gasteiger partial charge in [-0.2, -0.15) is 0 Å². The van der Waals surface area contributed by atoms with Gasteiger partial charge in [-0.25, -0.2) is 4.39 Å². The summed E-state index contributed by atoms with van der Waals surface area (Å²) in [5.41, 5.74) is 1.46. The number of nitrogens with zero attached hydrogens (tertiary/aromatic N) is 2. The summed E-state index contributed by atoms with van der Waals surface area (Å²) >= 11 is 0. The molecule has 0 aromatic heterocycles. The molecule has 4 heteroatoms. The van der Waals surface area contributed by atoms with Crippen molar-refractivity contribution in [1.82, 2.24) is 9.80 Å². The number of rotatable bonds is 1. The first-order valence-corrected chi connectivity index (χ1v) is 7.73. The number of piperidine rings is 1. The number of carbonyl (C=O) groups excluding carboxylic acids is 1. The van der Waals surface area contributed by atoms with Gasteiger partial charge < -0.3 is 9.80 Å². The smallest absolute Gasteiger partial charge is 0.253 e. The zero-order valence-corrected chi connectivity index (χ0v) is 12.9. The molecule has 0 aliphatic carbocycles. The van der Waals surface area contributed by atoms with Gasteiger partial charge in [0.15, 0.2) is 0 Å². The van der Waals surface area contributed by atoms with Crippen molar-refractivity contribution in [3.63, 3.8) is 0 Å². The average molecular weight is 290 g/mol. The summed E-state index contributed by atoms with van der Waals surface area (Å²) in [7, 11) is 2.16. The van der Waals surface area contributed by atoms with E-state index in [2.05, 4.69) is 11.9 Å². The van der Waals surface area contributed by atoms with Crippen LogP contribution in [0.25, 0.3) is 0 Å². The maximum Gasteiger partial charge on any atom is 0.253 e. The molecule has 1 spiro atoms. The Hall–Kier alpha value is -1.42. The second kappa shape index (κ2) is 5.41. The van der Waals surface area contributed by atoms with E-state index >= 15 is 0 Å². The monoisotopic (exact) mass is 290 g/mol. The Kier molecular flexibility index (Phi) is 3.74.